The van der Waals surface area contributed by atoms with E-state index in [1.165, 1.54) is 18.2 Å². The van der Waals surface area contributed by atoms with Gasteiger partial charge in [-0.25, -0.2) is 17.6 Å². The average molecular weight is 484 g/mol. The van der Waals surface area contributed by atoms with Crippen LogP contribution in [0.1, 0.15) is 56.9 Å². The molecule has 4 rings (SSSR count). The van der Waals surface area contributed by atoms with Gasteiger partial charge >= 0.3 is 6.36 Å². The van der Waals surface area contributed by atoms with E-state index < -0.39 is 35.4 Å². The first-order valence-electron chi connectivity index (χ1n) is 11.2. The van der Waals surface area contributed by atoms with Crippen molar-refractivity contribution in [2.75, 3.05) is 0 Å². The molecule has 0 aliphatic heterocycles. The third-order valence-electron chi connectivity index (χ3n) is 6.57. The van der Waals surface area contributed by atoms with Gasteiger partial charge in [0, 0.05) is 5.39 Å². The zero-order chi connectivity index (χ0) is 24.6. The van der Waals surface area contributed by atoms with Crippen molar-refractivity contribution < 1.29 is 35.5 Å². The Morgan fingerprint density at radius 3 is 2.09 bits per heavy atom. The smallest absolute Gasteiger partial charge is 0.399 e. The second-order valence-corrected chi connectivity index (χ2v) is 8.85. The van der Waals surface area contributed by atoms with E-state index in [4.69, 9.17) is 0 Å². The minimum Gasteiger partial charge on any atom is -0.399 e. The second kappa shape index (κ2) is 9.47. The molecule has 0 bridgehead atoms. The van der Waals surface area contributed by atoms with E-state index in [-0.39, 0.29) is 27.8 Å². The van der Waals surface area contributed by atoms with E-state index in [0.717, 1.165) is 50.7 Å². The molecule has 34 heavy (non-hydrogen) atoms. The van der Waals surface area contributed by atoms with E-state index in [2.05, 4.69) is 11.7 Å². The molecule has 0 aromatic heterocycles. The third-order valence-corrected chi connectivity index (χ3v) is 6.57. The zero-order valence-corrected chi connectivity index (χ0v) is 18.4. The first kappa shape index (κ1) is 24.4. The van der Waals surface area contributed by atoms with E-state index >= 15 is 8.78 Å². The molecule has 0 amide bonds. The molecule has 0 unspecified atom stereocenters. The van der Waals surface area contributed by atoms with Gasteiger partial charge < -0.3 is 4.74 Å². The fraction of sp³-hybridized carbons (Fsp3) is 0.385. The Morgan fingerprint density at radius 2 is 1.50 bits per heavy atom. The van der Waals surface area contributed by atoms with Crippen LogP contribution in [0.3, 0.4) is 0 Å². The Hall–Kier alpha value is -2.77. The van der Waals surface area contributed by atoms with Crippen LogP contribution in [0, 0.1) is 29.2 Å². The molecule has 1 fully saturated rings. The maximum absolute atomic E-state index is 15.0. The molecule has 0 heterocycles. The first-order chi connectivity index (χ1) is 16.1. The van der Waals surface area contributed by atoms with Gasteiger partial charge in [0.1, 0.15) is 11.6 Å². The maximum atomic E-state index is 15.0. The number of hydrogen-bond donors (Lipinski definition) is 0. The van der Waals surface area contributed by atoms with Crippen LogP contribution in [0.4, 0.5) is 30.7 Å². The van der Waals surface area contributed by atoms with Gasteiger partial charge in [0.05, 0.1) is 5.56 Å². The fourth-order valence-corrected chi connectivity index (χ4v) is 4.97. The summed E-state index contributed by atoms with van der Waals surface area (Å²) in [6.45, 7) is 2.14. The summed E-state index contributed by atoms with van der Waals surface area (Å²) in [5.41, 5.74) is 0.242. The van der Waals surface area contributed by atoms with E-state index in [1.54, 1.807) is 0 Å². The summed E-state index contributed by atoms with van der Waals surface area (Å²) in [6, 6.07) is 6.60. The Morgan fingerprint density at radius 1 is 0.853 bits per heavy atom. The molecule has 3 aromatic carbocycles. The number of hydrogen-bond acceptors (Lipinski definition) is 1. The molecule has 0 saturated heterocycles. The maximum Gasteiger partial charge on any atom is 0.573 e. The van der Waals surface area contributed by atoms with Crippen molar-refractivity contribution in [1.29, 1.82) is 0 Å². The van der Waals surface area contributed by atoms with Crippen molar-refractivity contribution in [2.24, 2.45) is 5.92 Å². The fourth-order valence-electron chi connectivity index (χ4n) is 4.97. The van der Waals surface area contributed by atoms with Crippen LogP contribution in [-0.4, -0.2) is 6.36 Å². The lowest BCUT2D eigenvalue weighted by molar-refractivity contribution is -0.276. The van der Waals surface area contributed by atoms with Crippen LogP contribution in [0.25, 0.3) is 21.9 Å². The Bertz CT molecular complexity index is 1170. The highest BCUT2D eigenvalue weighted by Crippen LogP contribution is 2.40. The van der Waals surface area contributed by atoms with Crippen molar-refractivity contribution in [2.45, 2.75) is 57.7 Å². The summed E-state index contributed by atoms with van der Waals surface area (Å²) >= 11 is 0. The van der Waals surface area contributed by atoms with Crippen LogP contribution in [0.5, 0.6) is 5.75 Å². The summed E-state index contributed by atoms with van der Waals surface area (Å²) in [4.78, 5) is 0. The van der Waals surface area contributed by atoms with Crippen LogP contribution < -0.4 is 4.74 Å². The average Bonchev–Trinajstić information content (AvgIpc) is 2.76. The van der Waals surface area contributed by atoms with Gasteiger partial charge in [-0.3, -0.25) is 0 Å². The van der Waals surface area contributed by atoms with Gasteiger partial charge in [0.15, 0.2) is 11.6 Å². The molecule has 0 radical (unpaired) electrons. The SMILES string of the molecule is CCCC1CCC(c2cc(F)c(-c3ccc4c(F)c(OC(F)(F)F)c(F)cc4c3)c(F)c2)CC1. The van der Waals surface area contributed by atoms with Crippen LogP contribution >= 0.6 is 0 Å². The number of halogens is 7. The predicted octanol–water partition coefficient (Wildman–Crippen LogP) is 9.04. The van der Waals surface area contributed by atoms with E-state index in [0.29, 0.717) is 17.5 Å². The number of rotatable bonds is 5. The lowest BCUT2D eigenvalue weighted by Crippen LogP contribution is -2.19. The van der Waals surface area contributed by atoms with Gasteiger partial charge in [-0.05, 0) is 78.3 Å². The molecule has 0 spiro atoms. The lowest BCUT2D eigenvalue weighted by Gasteiger charge is -2.29. The number of fused-ring (bicyclic) bond motifs is 1. The lowest BCUT2D eigenvalue weighted by atomic mass is 9.77. The molecule has 3 aromatic rings. The minimum absolute atomic E-state index is 0.0176. The highest BCUT2D eigenvalue weighted by molar-refractivity contribution is 5.89. The summed E-state index contributed by atoms with van der Waals surface area (Å²) in [7, 11) is 0. The highest BCUT2D eigenvalue weighted by Gasteiger charge is 2.34. The van der Waals surface area contributed by atoms with E-state index in [9.17, 15) is 22.0 Å². The molecule has 0 atom stereocenters. The standard InChI is InChI=1S/C26H23F7O/c1-2-3-14-4-6-15(7-5-14)17-11-20(27)23(21(28)12-17)16-8-9-19-18(10-16)13-22(29)25(24(19)30)34-26(31,32)33/h8-15H,2-7H2,1H3. The molecule has 182 valence electrons. The summed E-state index contributed by atoms with van der Waals surface area (Å²) < 4.78 is 99.5. The summed E-state index contributed by atoms with van der Waals surface area (Å²) in [5, 5.41) is -0.523. The van der Waals surface area contributed by atoms with Crippen molar-refractivity contribution in [3.05, 3.63) is 65.2 Å². The van der Waals surface area contributed by atoms with Gasteiger partial charge in [-0.15, -0.1) is 13.2 Å². The first-order valence-corrected chi connectivity index (χ1v) is 11.2. The van der Waals surface area contributed by atoms with Crippen molar-refractivity contribution >= 4 is 10.8 Å². The number of alkyl halides is 3. The zero-order valence-electron chi connectivity index (χ0n) is 18.4. The van der Waals surface area contributed by atoms with Crippen molar-refractivity contribution in [3.63, 3.8) is 0 Å². The normalized spacial score (nSPS) is 18.9. The summed E-state index contributed by atoms with van der Waals surface area (Å²) in [6.07, 6.45) is 0.750. The Kier molecular flexibility index (Phi) is 6.78. The van der Waals surface area contributed by atoms with Gasteiger partial charge in [-0.2, -0.15) is 0 Å². The van der Waals surface area contributed by atoms with Gasteiger partial charge in [0.2, 0.25) is 5.75 Å². The van der Waals surface area contributed by atoms with Crippen LogP contribution in [0.2, 0.25) is 0 Å². The quantitative estimate of drug-likeness (QED) is 0.328. The predicted molar refractivity (Wildman–Crippen MR) is 116 cm³/mol. The highest BCUT2D eigenvalue weighted by atomic mass is 19.4. The van der Waals surface area contributed by atoms with Gasteiger partial charge in [0.25, 0.3) is 0 Å². The van der Waals surface area contributed by atoms with Crippen LogP contribution in [0.15, 0.2) is 36.4 Å². The number of ether oxygens (including phenoxy) is 1. The third kappa shape index (κ3) is 5.00. The van der Waals surface area contributed by atoms with Gasteiger partial charge in [-0.1, -0.05) is 31.9 Å². The molecular weight excluding hydrogens is 461 g/mol. The molecule has 0 N–H and O–H groups in total. The molecule has 8 heteroatoms. The molecule has 1 saturated carbocycles. The summed E-state index contributed by atoms with van der Waals surface area (Å²) in [5.74, 6) is -5.59. The minimum atomic E-state index is -5.28. The number of benzene rings is 3. The van der Waals surface area contributed by atoms with E-state index in [1.807, 2.05) is 0 Å². The Labute approximate surface area is 192 Å². The van der Waals surface area contributed by atoms with Crippen molar-refractivity contribution in [3.8, 4) is 16.9 Å². The molecule has 1 nitrogen and oxygen atoms in total. The molecule has 1 aliphatic rings. The molecular formula is C26H23F7O. The monoisotopic (exact) mass is 484 g/mol. The van der Waals surface area contributed by atoms with Crippen molar-refractivity contribution in [1.82, 2.24) is 0 Å². The Balaban J connectivity index is 1.66. The second-order valence-electron chi connectivity index (χ2n) is 8.85. The topological polar surface area (TPSA) is 9.23 Å². The molecule has 1 aliphatic carbocycles. The largest absolute Gasteiger partial charge is 0.573 e. The van der Waals surface area contributed by atoms with Crippen LogP contribution in [-0.2, 0) is 0 Å².